The first kappa shape index (κ1) is 17.7. The van der Waals surface area contributed by atoms with E-state index in [2.05, 4.69) is 5.32 Å². The van der Waals surface area contributed by atoms with Crippen molar-refractivity contribution in [2.24, 2.45) is 0 Å². The van der Waals surface area contributed by atoms with E-state index in [-0.39, 0.29) is 18.9 Å². The maximum atomic E-state index is 12.0. The van der Waals surface area contributed by atoms with Crippen LogP contribution in [-0.2, 0) is 19.6 Å². The van der Waals surface area contributed by atoms with E-state index in [0.717, 1.165) is 5.56 Å². The fourth-order valence-corrected chi connectivity index (χ4v) is 4.30. The topological polar surface area (TPSA) is 92.7 Å². The first-order valence-corrected chi connectivity index (χ1v) is 8.91. The number of nitrogens with one attached hydrogen (secondary N) is 1. The van der Waals surface area contributed by atoms with Gasteiger partial charge in [0, 0.05) is 6.04 Å². The quantitative estimate of drug-likeness (QED) is 0.825. The van der Waals surface area contributed by atoms with Crippen LogP contribution in [0.15, 0.2) is 24.3 Å². The molecule has 2 rings (SSSR count). The molecule has 2 N–H and O–H groups in total. The molecule has 1 aliphatic carbocycles. The Labute approximate surface area is 137 Å². The number of carbonyl (C=O) groups excluding carboxylic acids is 1. The maximum Gasteiger partial charge on any atom is 0.407 e. The zero-order chi connectivity index (χ0) is 17.5. The van der Waals surface area contributed by atoms with E-state index in [9.17, 15) is 17.8 Å². The number of carbonyl (C=O) groups is 1. The average molecular weight is 341 g/mol. The van der Waals surface area contributed by atoms with Crippen LogP contribution in [0.1, 0.15) is 44.7 Å². The Morgan fingerprint density at radius 2 is 1.87 bits per heavy atom. The SMILES string of the molecule is Cc1ccccc1C1(S(=O)(=O)O)CC(NC(=O)OC(C)(C)C)C1. The van der Waals surface area contributed by atoms with Crippen molar-refractivity contribution in [1.82, 2.24) is 5.32 Å². The summed E-state index contributed by atoms with van der Waals surface area (Å²) in [7, 11) is -4.30. The van der Waals surface area contributed by atoms with Crippen LogP contribution >= 0.6 is 0 Å². The van der Waals surface area contributed by atoms with Crippen LogP contribution < -0.4 is 5.32 Å². The Hall–Kier alpha value is -1.60. The van der Waals surface area contributed by atoms with E-state index < -0.39 is 26.6 Å². The number of alkyl carbamates (subject to hydrolysis) is 1. The van der Waals surface area contributed by atoms with Gasteiger partial charge in [0.1, 0.15) is 10.3 Å². The molecule has 0 radical (unpaired) electrons. The third kappa shape index (κ3) is 3.67. The Balaban J connectivity index is 2.16. The third-order valence-corrected chi connectivity index (χ3v) is 5.54. The van der Waals surface area contributed by atoms with Crippen LogP contribution in [0.3, 0.4) is 0 Å². The van der Waals surface area contributed by atoms with Crippen molar-refractivity contribution in [1.29, 1.82) is 0 Å². The van der Waals surface area contributed by atoms with Crippen molar-refractivity contribution in [3.05, 3.63) is 35.4 Å². The second kappa shape index (κ2) is 5.79. The van der Waals surface area contributed by atoms with Crippen LogP contribution in [0.4, 0.5) is 4.79 Å². The van der Waals surface area contributed by atoms with Crippen molar-refractivity contribution in [2.75, 3.05) is 0 Å². The molecule has 7 heteroatoms. The number of hydrogen-bond acceptors (Lipinski definition) is 4. The predicted molar refractivity (Wildman–Crippen MR) is 86.8 cm³/mol. The minimum Gasteiger partial charge on any atom is -0.444 e. The molecule has 1 saturated carbocycles. The lowest BCUT2D eigenvalue weighted by molar-refractivity contribution is 0.0457. The van der Waals surface area contributed by atoms with Gasteiger partial charge in [0.25, 0.3) is 10.1 Å². The molecule has 0 aliphatic heterocycles. The van der Waals surface area contributed by atoms with E-state index in [1.807, 2.05) is 6.07 Å². The van der Waals surface area contributed by atoms with Gasteiger partial charge < -0.3 is 10.1 Å². The largest absolute Gasteiger partial charge is 0.444 e. The summed E-state index contributed by atoms with van der Waals surface area (Å²) in [6.45, 7) is 7.06. The van der Waals surface area contributed by atoms with Gasteiger partial charge in [-0.1, -0.05) is 24.3 Å². The highest BCUT2D eigenvalue weighted by Crippen LogP contribution is 2.48. The van der Waals surface area contributed by atoms with Gasteiger partial charge in [0.05, 0.1) is 0 Å². The first-order valence-electron chi connectivity index (χ1n) is 7.47. The van der Waals surface area contributed by atoms with Crippen molar-refractivity contribution < 1.29 is 22.5 Å². The monoisotopic (exact) mass is 341 g/mol. The number of ether oxygens (including phenoxy) is 1. The first-order chi connectivity index (χ1) is 10.4. The minimum atomic E-state index is -4.30. The highest BCUT2D eigenvalue weighted by Gasteiger charge is 2.56. The van der Waals surface area contributed by atoms with E-state index >= 15 is 0 Å². The van der Waals surface area contributed by atoms with Crippen molar-refractivity contribution in [2.45, 2.75) is 56.9 Å². The molecule has 1 aliphatic rings. The van der Waals surface area contributed by atoms with Gasteiger partial charge in [-0.2, -0.15) is 8.42 Å². The van der Waals surface area contributed by atoms with Gasteiger partial charge in [0.2, 0.25) is 0 Å². The van der Waals surface area contributed by atoms with E-state index in [0.29, 0.717) is 5.56 Å². The van der Waals surface area contributed by atoms with Crippen LogP contribution in [-0.4, -0.2) is 30.7 Å². The van der Waals surface area contributed by atoms with Gasteiger partial charge in [-0.25, -0.2) is 4.79 Å². The number of benzene rings is 1. The van der Waals surface area contributed by atoms with Gasteiger partial charge in [-0.05, 0) is 51.7 Å². The Bertz CT molecular complexity index is 699. The average Bonchev–Trinajstić information content (AvgIpc) is 2.30. The molecule has 0 heterocycles. The number of hydrogen-bond donors (Lipinski definition) is 2. The molecule has 0 bridgehead atoms. The van der Waals surface area contributed by atoms with Gasteiger partial charge in [-0.3, -0.25) is 4.55 Å². The molecular weight excluding hydrogens is 318 g/mol. The normalized spacial score (nSPS) is 24.7. The van der Waals surface area contributed by atoms with Crippen LogP contribution in [0, 0.1) is 6.92 Å². The molecule has 6 nitrogen and oxygen atoms in total. The van der Waals surface area contributed by atoms with E-state index in [1.165, 1.54) is 0 Å². The summed E-state index contributed by atoms with van der Waals surface area (Å²) in [5.41, 5.74) is 0.745. The summed E-state index contributed by atoms with van der Waals surface area (Å²) in [5, 5.41) is 2.65. The Morgan fingerprint density at radius 3 is 2.35 bits per heavy atom. The highest BCUT2D eigenvalue weighted by atomic mass is 32.2. The minimum absolute atomic E-state index is 0.121. The number of aryl methyl sites for hydroxylation is 1. The molecule has 1 aromatic rings. The standard InChI is InChI=1S/C16H23NO5S/c1-11-7-5-6-8-13(11)16(23(19,20)21)9-12(10-16)17-14(18)22-15(2,3)4/h5-8,12H,9-10H2,1-4H3,(H,17,18)(H,19,20,21). The smallest absolute Gasteiger partial charge is 0.407 e. The van der Waals surface area contributed by atoms with Crippen LogP contribution in [0.2, 0.25) is 0 Å². The molecule has 0 spiro atoms. The van der Waals surface area contributed by atoms with Crippen molar-refractivity contribution in [3.8, 4) is 0 Å². The molecule has 23 heavy (non-hydrogen) atoms. The maximum absolute atomic E-state index is 12.0. The van der Waals surface area contributed by atoms with Gasteiger partial charge >= 0.3 is 6.09 Å². The lowest BCUT2D eigenvalue weighted by atomic mass is 9.73. The molecule has 0 atom stereocenters. The van der Waals surface area contributed by atoms with E-state index in [4.69, 9.17) is 4.74 Å². The lowest BCUT2D eigenvalue weighted by Gasteiger charge is -2.46. The third-order valence-electron chi connectivity index (χ3n) is 4.00. The molecule has 1 amide bonds. The fraction of sp³-hybridized carbons (Fsp3) is 0.562. The van der Waals surface area contributed by atoms with Gasteiger partial charge in [-0.15, -0.1) is 0 Å². The molecule has 1 fully saturated rings. The van der Waals surface area contributed by atoms with Crippen molar-refractivity contribution in [3.63, 3.8) is 0 Å². The second-order valence-electron chi connectivity index (χ2n) is 7.04. The summed E-state index contributed by atoms with van der Waals surface area (Å²) in [5.74, 6) is 0. The molecule has 0 unspecified atom stereocenters. The zero-order valence-electron chi connectivity index (χ0n) is 13.8. The van der Waals surface area contributed by atoms with Crippen LogP contribution in [0.5, 0.6) is 0 Å². The second-order valence-corrected chi connectivity index (χ2v) is 8.77. The summed E-state index contributed by atoms with van der Waals surface area (Å²) in [4.78, 5) is 11.8. The molecule has 0 aromatic heterocycles. The summed E-state index contributed by atoms with van der Waals surface area (Å²) in [6, 6.07) is 6.70. The zero-order valence-corrected chi connectivity index (χ0v) is 14.6. The van der Waals surface area contributed by atoms with E-state index in [1.54, 1.807) is 45.9 Å². The highest BCUT2D eigenvalue weighted by molar-refractivity contribution is 7.86. The molecule has 0 saturated heterocycles. The fourth-order valence-electron chi connectivity index (χ4n) is 2.97. The Morgan fingerprint density at radius 1 is 1.30 bits per heavy atom. The summed E-state index contributed by atoms with van der Waals surface area (Å²) in [6.07, 6.45) is -0.345. The number of amides is 1. The van der Waals surface area contributed by atoms with Gasteiger partial charge in [0.15, 0.2) is 0 Å². The van der Waals surface area contributed by atoms with Crippen LogP contribution in [0.25, 0.3) is 0 Å². The molecule has 1 aromatic carbocycles. The Kier molecular flexibility index (Phi) is 4.47. The summed E-state index contributed by atoms with van der Waals surface area (Å²) < 4.78 is 37.5. The molecular formula is C16H23NO5S. The predicted octanol–water partition coefficient (Wildman–Crippen LogP) is 2.77. The summed E-state index contributed by atoms with van der Waals surface area (Å²) >= 11 is 0. The lowest BCUT2D eigenvalue weighted by Crippen LogP contribution is -2.57. The van der Waals surface area contributed by atoms with Crippen molar-refractivity contribution >= 4 is 16.2 Å². The number of rotatable bonds is 3. The molecule has 128 valence electrons.